The number of nitrogens with two attached hydrogens (primary N) is 1. The molecule has 3 aromatic rings. The number of aliphatic hydroxyl groups is 1. The quantitative estimate of drug-likeness (QED) is 0.278. The molecule has 0 unspecified atom stereocenters. The zero-order chi connectivity index (χ0) is 23.2. The summed E-state index contributed by atoms with van der Waals surface area (Å²) in [5, 5.41) is 17.3. The third-order valence-electron chi connectivity index (χ3n) is 4.56. The molecule has 4 N–H and O–H groups in total. The van der Waals surface area contributed by atoms with Crippen LogP contribution in [0.2, 0.25) is 0 Å². The summed E-state index contributed by atoms with van der Waals surface area (Å²) < 4.78 is 11.4. The van der Waals surface area contributed by atoms with E-state index < -0.39 is 5.97 Å². The minimum Gasteiger partial charge on any atom is -0.494 e. The van der Waals surface area contributed by atoms with Crippen molar-refractivity contribution < 1.29 is 24.5 Å². The Morgan fingerprint density at radius 3 is 2.09 bits per heavy atom. The molecule has 0 amide bonds. The largest absolute Gasteiger partial charge is 0.494 e. The van der Waals surface area contributed by atoms with Gasteiger partial charge in [0, 0.05) is 12.3 Å². The number of unbranched alkanes of at least 4 members (excludes halogenated alkanes) is 3. The molecule has 0 aliphatic carbocycles. The van der Waals surface area contributed by atoms with Crippen LogP contribution >= 0.6 is 0 Å². The summed E-state index contributed by atoms with van der Waals surface area (Å²) in [6, 6.07) is 22.3. The van der Waals surface area contributed by atoms with Crippen LogP contribution in [-0.4, -0.2) is 29.4 Å². The number of ether oxygens (including phenoxy) is 2. The molecule has 0 saturated carbocycles. The molecule has 0 fully saturated rings. The summed E-state index contributed by atoms with van der Waals surface area (Å²) in [5.74, 6) is 1.51. The van der Waals surface area contributed by atoms with E-state index in [0.717, 1.165) is 48.5 Å². The summed E-state index contributed by atoms with van der Waals surface area (Å²) >= 11 is 0. The molecule has 32 heavy (non-hydrogen) atoms. The molecule has 0 bridgehead atoms. The number of carboxylic acid groups (broad SMARTS) is 1. The number of para-hydroxylation sites is 1. The maximum Gasteiger partial charge on any atom is 0.337 e. The topological polar surface area (TPSA) is 102 Å². The van der Waals surface area contributed by atoms with Crippen molar-refractivity contribution >= 4 is 11.7 Å². The van der Waals surface area contributed by atoms with Crippen LogP contribution < -0.4 is 15.2 Å². The Labute approximate surface area is 189 Å². The highest BCUT2D eigenvalue weighted by Crippen LogP contribution is 2.23. The van der Waals surface area contributed by atoms with Crippen LogP contribution in [0.25, 0.3) is 0 Å². The summed E-state index contributed by atoms with van der Waals surface area (Å²) in [6.07, 6.45) is 4.05. The van der Waals surface area contributed by atoms with Gasteiger partial charge in [0.25, 0.3) is 0 Å². The fourth-order valence-corrected chi connectivity index (χ4v) is 2.84. The fraction of sp³-hybridized carbons (Fsp3) is 0.269. The van der Waals surface area contributed by atoms with Crippen LogP contribution in [0.15, 0.2) is 72.8 Å². The second-order valence-electron chi connectivity index (χ2n) is 7.27. The normalized spacial score (nSPS) is 10.1. The number of hydrogen-bond donors (Lipinski definition) is 3. The Morgan fingerprint density at radius 2 is 1.47 bits per heavy atom. The zero-order valence-electron chi connectivity index (χ0n) is 18.4. The van der Waals surface area contributed by atoms with Gasteiger partial charge in [0.15, 0.2) is 0 Å². The number of carboxylic acids is 1. The van der Waals surface area contributed by atoms with Crippen molar-refractivity contribution in [3.05, 3.63) is 83.9 Å². The number of benzene rings is 3. The van der Waals surface area contributed by atoms with E-state index in [4.69, 9.17) is 25.4 Å². The molecule has 0 aliphatic rings. The predicted octanol–water partition coefficient (Wildman–Crippen LogP) is 5.69. The lowest BCUT2D eigenvalue weighted by molar-refractivity contribution is 0.0698. The molecule has 3 aromatic carbocycles. The third-order valence-corrected chi connectivity index (χ3v) is 4.56. The van der Waals surface area contributed by atoms with Gasteiger partial charge >= 0.3 is 5.97 Å². The number of aliphatic hydroxyl groups excluding tert-OH is 1. The molecular weight excluding hydrogens is 406 g/mol. The van der Waals surface area contributed by atoms with Crippen molar-refractivity contribution in [2.45, 2.75) is 32.6 Å². The minimum absolute atomic E-state index is 0.171. The van der Waals surface area contributed by atoms with Crippen molar-refractivity contribution in [1.82, 2.24) is 0 Å². The number of rotatable bonds is 10. The molecule has 0 aromatic heterocycles. The lowest BCUT2D eigenvalue weighted by Gasteiger charge is -2.08. The Balaban J connectivity index is 0.000000278. The van der Waals surface area contributed by atoms with Gasteiger partial charge in [-0.25, -0.2) is 4.79 Å². The van der Waals surface area contributed by atoms with Gasteiger partial charge in [-0.15, -0.1) is 0 Å². The van der Waals surface area contributed by atoms with Gasteiger partial charge in [-0.05, 0) is 74.7 Å². The highest BCUT2D eigenvalue weighted by atomic mass is 16.5. The SMILES string of the molecule is Cc1ccc(N)c(C(=O)O)c1.OCCCCCCOc1ccc(Oc2ccccc2)cc1. The van der Waals surface area contributed by atoms with E-state index in [1.807, 2.05) is 61.5 Å². The summed E-state index contributed by atoms with van der Waals surface area (Å²) in [5.41, 5.74) is 6.79. The maximum atomic E-state index is 10.5. The molecule has 6 nitrogen and oxygen atoms in total. The Morgan fingerprint density at radius 1 is 0.844 bits per heavy atom. The van der Waals surface area contributed by atoms with Crippen LogP contribution in [-0.2, 0) is 0 Å². The zero-order valence-corrected chi connectivity index (χ0v) is 18.4. The van der Waals surface area contributed by atoms with Crippen molar-refractivity contribution in [2.24, 2.45) is 0 Å². The van der Waals surface area contributed by atoms with Gasteiger partial charge in [0.05, 0.1) is 12.2 Å². The number of aromatic carboxylic acids is 1. The maximum absolute atomic E-state index is 10.5. The monoisotopic (exact) mass is 437 g/mol. The average Bonchev–Trinajstić information content (AvgIpc) is 2.80. The van der Waals surface area contributed by atoms with Crippen molar-refractivity contribution in [3.63, 3.8) is 0 Å². The first kappa shape index (κ1) is 24.8. The standard InChI is InChI=1S/C18H22O3.C8H9NO2/c19-14-6-1-2-7-15-20-16-10-12-18(13-11-16)21-17-8-4-3-5-9-17;1-5-2-3-7(9)6(4-5)8(10)11/h3-5,8-13,19H,1-2,6-7,14-15H2;2-4H,9H2,1H3,(H,10,11). The number of anilines is 1. The molecule has 170 valence electrons. The summed E-state index contributed by atoms with van der Waals surface area (Å²) in [4.78, 5) is 10.5. The van der Waals surface area contributed by atoms with Crippen LogP contribution in [0, 0.1) is 6.92 Å². The smallest absolute Gasteiger partial charge is 0.337 e. The van der Waals surface area contributed by atoms with E-state index >= 15 is 0 Å². The molecule has 0 heterocycles. The van der Waals surface area contributed by atoms with Gasteiger partial charge in [-0.1, -0.05) is 36.2 Å². The van der Waals surface area contributed by atoms with Crippen LogP contribution in [0.5, 0.6) is 17.2 Å². The van der Waals surface area contributed by atoms with E-state index in [2.05, 4.69) is 0 Å². The first-order valence-corrected chi connectivity index (χ1v) is 10.7. The Bertz CT molecular complexity index is 942. The lowest BCUT2D eigenvalue weighted by Crippen LogP contribution is -2.02. The van der Waals surface area contributed by atoms with Crippen molar-refractivity contribution in [2.75, 3.05) is 18.9 Å². The molecule has 0 spiro atoms. The van der Waals surface area contributed by atoms with Crippen molar-refractivity contribution in [3.8, 4) is 17.2 Å². The van der Waals surface area contributed by atoms with Gasteiger partial charge < -0.3 is 25.4 Å². The van der Waals surface area contributed by atoms with Crippen molar-refractivity contribution in [1.29, 1.82) is 0 Å². The van der Waals surface area contributed by atoms with E-state index in [0.29, 0.717) is 12.3 Å². The van der Waals surface area contributed by atoms with Crippen LogP contribution in [0.4, 0.5) is 5.69 Å². The van der Waals surface area contributed by atoms with Gasteiger partial charge in [0.1, 0.15) is 17.2 Å². The molecule has 0 radical (unpaired) electrons. The molecular formula is C26H31NO5. The van der Waals surface area contributed by atoms with E-state index in [1.54, 1.807) is 18.2 Å². The first-order chi connectivity index (χ1) is 15.5. The van der Waals surface area contributed by atoms with Gasteiger partial charge in [0.2, 0.25) is 0 Å². The molecule has 6 heteroatoms. The Kier molecular flexibility index (Phi) is 10.6. The second-order valence-corrected chi connectivity index (χ2v) is 7.27. The number of nitrogen functional groups attached to an aromatic ring is 1. The minimum atomic E-state index is -0.980. The Hall–Kier alpha value is -3.51. The summed E-state index contributed by atoms with van der Waals surface area (Å²) in [6.45, 7) is 2.82. The first-order valence-electron chi connectivity index (χ1n) is 10.7. The predicted molar refractivity (Wildman–Crippen MR) is 127 cm³/mol. The van der Waals surface area contributed by atoms with Gasteiger partial charge in [-0.3, -0.25) is 0 Å². The molecule has 0 saturated heterocycles. The second kappa shape index (κ2) is 13.7. The van der Waals surface area contributed by atoms with Crippen LogP contribution in [0.1, 0.15) is 41.6 Å². The molecule has 0 aliphatic heterocycles. The average molecular weight is 438 g/mol. The van der Waals surface area contributed by atoms with Crippen LogP contribution in [0.3, 0.4) is 0 Å². The summed E-state index contributed by atoms with van der Waals surface area (Å²) in [7, 11) is 0. The number of hydrogen-bond acceptors (Lipinski definition) is 5. The molecule has 3 rings (SSSR count). The lowest BCUT2D eigenvalue weighted by atomic mass is 10.1. The number of carbonyl (C=O) groups is 1. The number of aryl methyl sites for hydroxylation is 1. The fourth-order valence-electron chi connectivity index (χ4n) is 2.84. The third kappa shape index (κ3) is 9.10. The van der Waals surface area contributed by atoms with Gasteiger partial charge in [-0.2, -0.15) is 0 Å². The van der Waals surface area contributed by atoms with E-state index in [-0.39, 0.29) is 12.2 Å². The highest BCUT2D eigenvalue weighted by molar-refractivity contribution is 5.93. The van der Waals surface area contributed by atoms with E-state index in [9.17, 15) is 4.79 Å². The highest BCUT2D eigenvalue weighted by Gasteiger charge is 2.06. The molecule has 0 atom stereocenters. The van der Waals surface area contributed by atoms with E-state index in [1.165, 1.54) is 0 Å².